The Morgan fingerprint density at radius 1 is 1.44 bits per heavy atom. The summed E-state index contributed by atoms with van der Waals surface area (Å²) >= 11 is 0. The molecular weight excluding hydrogens is 201 g/mol. The van der Waals surface area contributed by atoms with Gasteiger partial charge in [-0.1, -0.05) is 0 Å². The SMILES string of the molecule is [B]=NOc1ccc(C(=CC)CC)cc1OC. The molecule has 3 nitrogen and oxygen atoms in total. The van der Waals surface area contributed by atoms with E-state index in [0.717, 1.165) is 12.0 Å². The Labute approximate surface area is 97.2 Å². The van der Waals surface area contributed by atoms with Crippen molar-refractivity contribution < 1.29 is 9.57 Å². The van der Waals surface area contributed by atoms with Crippen LogP contribution < -0.4 is 9.57 Å². The molecule has 0 saturated carbocycles. The van der Waals surface area contributed by atoms with Crippen molar-refractivity contribution in [1.29, 1.82) is 0 Å². The van der Waals surface area contributed by atoms with Gasteiger partial charge in [0.15, 0.2) is 0 Å². The van der Waals surface area contributed by atoms with Crippen molar-refractivity contribution in [2.45, 2.75) is 20.3 Å². The summed E-state index contributed by atoms with van der Waals surface area (Å²) in [6, 6.07) is 5.67. The standard InChI is InChI=1S/C12H15BNO2/c1-4-9(5-2)10-6-7-11(16-14-13)12(8-10)15-3/h4,6-8H,5H2,1-3H3. The first-order valence-corrected chi connectivity index (χ1v) is 5.17. The van der Waals surface area contributed by atoms with Crippen LogP contribution in [0, 0.1) is 0 Å². The summed E-state index contributed by atoms with van der Waals surface area (Å²) in [5.41, 5.74) is 2.38. The molecule has 16 heavy (non-hydrogen) atoms. The molecule has 0 fully saturated rings. The van der Waals surface area contributed by atoms with E-state index in [1.54, 1.807) is 13.2 Å². The second-order valence-electron chi connectivity index (χ2n) is 3.23. The van der Waals surface area contributed by atoms with Crippen molar-refractivity contribution >= 4 is 13.2 Å². The summed E-state index contributed by atoms with van der Waals surface area (Å²) in [6.07, 6.45) is 3.06. The molecule has 0 amide bonds. The second kappa shape index (κ2) is 6.11. The second-order valence-corrected chi connectivity index (χ2v) is 3.23. The maximum absolute atomic E-state index is 5.21. The molecule has 0 atom stereocenters. The minimum atomic E-state index is 0.514. The van der Waals surface area contributed by atoms with Crippen LogP contribution in [0.25, 0.3) is 5.57 Å². The quantitative estimate of drug-likeness (QED) is 0.559. The van der Waals surface area contributed by atoms with E-state index in [9.17, 15) is 0 Å². The summed E-state index contributed by atoms with van der Waals surface area (Å²) in [6.45, 7) is 4.13. The molecule has 4 heteroatoms. The molecule has 1 radical (unpaired) electrons. The molecule has 0 spiro atoms. The Hall–Kier alpha value is -1.58. The molecule has 1 aromatic rings. The predicted octanol–water partition coefficient (Wildman–Crippen LogP) is 3.15. The van der Waals surface area contributed by atoms with Crippen LogP contribution in [0.3, 0.4) is 0 Å². The number of ether oxygens (including phenoxy) is 1. The van der Waals surface area contributed by atoms with Crippen molar-refractivity contribution in [1.82, 2.24) is 0 Å². The number of allylic oxidation sites excluding steroid dienone is 2. The Kier molecular flexibility index (Phi) is 4.77. The molecule has 0 heterocycles. The van der Waals surface area contributed by atoms with E-state index in [0.29, 0.717) is 11.5 Å². The van der Waals surface area contributed by atoms with Crippen LogP contribution in [0.4, 0.5) is 0 Å². The van der Waals surface area contributed by atoms with E-state index in [2.05, 4.69) is 18.1 Å². The average molecular weight is 216 g/mol. The maximum atomic E-state index is 5.21. The van der Waals surface area contributed by atoms with Gasteiger partial charge in [-0.25, -0.2) is 0 Å². The monoisotopic (exact) mass is 216 g/mol. The summed E-state index contributed by atoms with van der Waals surface area (Å²) < 4.78 is 5.21. The van der Waals surface area contributed by atoms with E-state index in [1.165, 1.54) is 5.57 Å². The number of benzene rings is 1. The zero-order valence-corrected chi connectivity index (χ0v) is 9.86. The van der Waals surface area contributed by atoms with E-state index < -0.39 is 0 Å². The summed E-state index contributed by atoms with van der Waals surface area (Å²) in [7, 11) is 6.56. The zero-order valence-electron chi connectivity index (χ0n) is 9.86. The van der Waals surface area contributed by atoms with Crippen molar-refractivity contribution in [2.75, 3.05) is 7.11 Å². The van der Waals surface area contributed by atoms with Gasteiger partial charge < -0.3 is 0 Å². The number of methoxy groups -OCH3 is 1. The number of hydrogen-bond acceptors (Lipinski definition) is 3. The van der Waals surface area contributed by atoms with E-state index >= 15 is 0 Å². The van der Waals surface area contributed by atoms with Crippen LogP contribution in [0.1, 0.15) is 25.8 Å². The van der Waals surface area contributed by atoms with E-state index in [4.69, 9.17) is 17.2 Å². The fraction of sp³-hybridized carbons (Fsp3) is 0.333. The van der Waals surface area contributed by atoms with E-state index in [-0.39, 0.29) is 0 Å². The van der Waals surface area contributed by atoms with E-state index in [1.807, 2.05) is 19.1 Å². The first-order chi connectivity index (χ1) is 7.76. The van der Waals surface area contributed by atoms with Gasteiger partial charge >= 0.3 is 96.6 Å². The summed E-state index contributed by atoms with van der Waals surface area (Å²) in [5.74, 6) is 1.14. The summed E-state index contributed by atoms with van der Waals surface area (Å²) in [5, 5.41) is 3.13. The molecule has 1 rings (SSSR count). The molecule has 0 unspecified atom stereocenters. The molecule has 83 valence electrons. The number of nitrogens with zero attached hydrogens (tertiary/aromatic N) is 1. The van der Waals surface area contributed by atoms with Crippen LogP contribution in [-0.4, -0.2) is 14.7 Å². The van der Waals surface area contributed by atoms with Crippen molar-refractivity contribution in [3.05, 3.63) is 29.8 Å². The third-order valence-electron chi connectivity index (χ3n) is 2.41. The first kappa shape index (κ1) is 12.5. The Bertz CT molecular complexity index is 402. The average Bonchev–Trinajstić information content (AvgIpc) is 2.32. The first-order valence-electron chi connectivity index (χ1n) is 5.17. The molecule has 0 saturated heterocycles. The third-order valence-corrected chi connectivity index (χ3v) is 2.41. The van der Waals surface area contributed by atoms with Crippen molar-refractivity contribution in [3.63, 3.8) is 0 Å². The van der Waals surface area contributed by atoms with Gasteiger partial charge in [0.25, 0.3) is 0 Å². The van der Waals surface area contributed by atoms with Gasteiger partial charge in [0, 0.05) is 0 Å². The zero-order chi connectivity index (χ0) is 12.0. The third kappa shape index (κ3) is 2.72. The van der Waals surface area contributed by atoms with Crippen LogP contribution in [0.2, 0.25) is 0 Å². The molecule has 0 aliphatic rings. The van der Waals surface area contributed by atoms with Gasteiger partial charge in [-0.15, -0.1) is 0 Å². The van der Waals surface area contributed by atoms with Gasteiger partial charge in [-0.2, -0.15) is 0 Å². The molecule has 0 aliphatic heterocycles. The minimum absolute atomic E-state index is 0.514. The van der Waals surface area contributed by atoms with Gasteiger partial charge in [0.05, 0.1) is 0 Å². The molecular formula is C12H15BNO2. The normalized spacial score (nSPS) is 11.0. The molecule has 0 aromatic heterocycles. The fourth-order valence-corrected chi connectivity index (χ4v) is 1.57. The Balaban J connectivity index is 3.12. The van der Waals surface area contributed by atoms with Gasteiger partial charge in [-0.3, -0.25) is 0 Å². The Morgan fingerprint density at radius 2 is 2.19 bits per heavy atom. The van der Waals surface area contributed by atoms with Crippen molar-refractivity contribution in [2.24, 2.45) is 5.06 Å². The summed E-state index contributed by atoms with van der Waals surface area (Å²) in [4.78, 5) is 4.89. The van der Waals surface area contributed by atoms with Crippen LogP contribution in [-0.2, 0) is 0 Å². The molecule has 0 bridgehead atoms. The number of rotatable bonds is 5. The molecule has 1 aromatic carbocycles. The van der Waals surface area contributed by atoms with Crippen LogP contribution in [0.15, 0.2) is 29.3 Å². The van der Waals surface area contributed by atoms with Crippen LogP contribution in [0.5, 0.6) is 11.5 Å². The fourth-order valence-electron chi connectivity index (χ4n) is 1.57. The predicted molar refractivity (Wildman–Crippen MR) is 65.7 cm³/mol. The van der Waals surface area contributed by atoms with Crippen LogP contribution >= 0.6 is 0 Å². The number of hydrogen-bond donors (Lipinski definition) is 0. The molecule has 0 aliphatic carbocycles. The van der Waals surface area contributed by atoms with Gasteiger partial charge in [0.1, 0.15) is 0 Å². The molecule has 0 N–H and O–H groups in total. The Morgan fingerprint density at radius 3 is 2.69 bits per heavy atom. The topological polar surface area (TPSA) is 30.8 Å². The van der Waals surface area contributed by atoms with Gasteiger partial charge in [0.2, 0.25) is 0 Å². The van der Waals surface area contributed by atoms with Crippen molar-refractivity contribution in [3.8, 4) is 11.5 Å². The van der Waals surface area contributed by atoms with Gasteiger partial charge in [-0.05, 0) is 0 Å².